The average Bonchev–Trinajstić information content (AvgIpc) is 2.92. The van der Waals surface area contributed by atoms with Crippen LogP contribution in [0.4, 0.5) is 13.9 Å². The maximum atomic E-state index is 13.2. The molecule has 1 aromatic carbocycles. The lowest BCUT2D eigenvalue weighted by Gasteiger charge is -2.20. The maximum absolute atomic E-state index is 13.2. The number of anilines is 1. The fourth-order valence-electron chi connectivity index (χ4n) is 1.50. The molecule has 0 fully saturated rings. The Morgan fingerprint density at radius 1 is 1.35 bits per heavy atom. The van der Waals surface area contributed by atoms with Crippen molar-refractivity contribution >= 4 is 26.5 Å². The van der Waals surface area contributed by atoms with Gasteiger partial charge >= 0.3 is 0 Å². The molecular formula is C12H10F2N2O2S2. The third-order valence-corrected chi connectivity index (χ3v) is 5.07. The largest absolute Gasteiger partial charge is 0.266 e. The van der Waals surface area contributed by atoms with Crippen LogP contribution in [0.25, 0.3) is 0 Å². The number of benzene rings is 1. The third-order valence-electron chi connectivity index (χ3n) is 2.41. The van der Waals surface area contributed by atoms with E-state index in [0.29, 0.717) is 6.07 Å². The summed E-state index contributed by atoms with van der Waals surface area (Å²) < 4.78 is 52.0. The molecule has 8 heteroatoms. The molecule has 0 aliphatic heterocycles. The number of halogens is 2. The van der Waals surface area contributed by atoms with Crippen molar-refractivity contribution in [1.29, 1.82) is 0 Å². The molecule has 0 spiro atoms. The Bertz CT molecular complexity index is 715. The quantitative estimate of drug-likeness (QED) is 0.797. The summed E-state index contributed by atoms with van der Waals surface area (Å²) in [6.07, 6.45) is 2.84. The molecule has 1 heterocycles. The molecule has 0 bridgehead atoms. The molecule has 2 aromatic rings. The van der Waals surface area contributed by atoms with Gasteiger partial charge in [-0.3, -0.25) is 0 Å². The highest BCUT2D eigenvalue weighted by molar-refractivity contribution is 7.93. The Balaban J connectivity index is 2.50. The van der Waals surface area contributed by atoms with E-state index in [2.05, 4.69) is 11.6 Å². The Morgan fingerprint density at radius 3 is 2.65 bits per heavy atom. The van der Waals surface area contributed by atoms with E-state index >= 15 is 0 Å². The smallest absolute Gasteiger partial charge is 0.237 e. The van der Waals surface area contributed by atoms with Crippen LogP contribution >= 0.6 is 11.3 Å². The van der Waals surface area contributed by atoms with Crippen LogP contribution in [0.3, 0.4) is 0 Å². The summed E-state index contributed by atoms with van der Waals surface area (Å²) >= 11 is 1.12. The predicted octanol–water partition coefficient (Wildman–Crippen LogP) is 2.80. The molecule has 0 aliphatic carbocycles. The molecule has 20 heavy (non-hydrogen) atoms. The molecule has 0 saturated carbocycles. The van der Waals surface area contributed by atoms with Gasteiger partial charge in [-0.1, -0.05) is 6.08 Å². The summed E-state index contributed by atoms with van der Waals surface area (Å²) in [7, 11) is -4.02. The van der Waals surface area contributed by atoms with Crippen molar-refractivity contribution in [3.8, 4) is 0 Å². The zero-order valence-electron chi connectivity index (χ0n) is 10.2. The van der Waals surface area contributed by atoms with Crippen molar-refractivity contribution in [2.45, 2.75) is 4.90 Å². The van der Waals surface area contributed by atoms with Gasteiger partial charge in [0.05, 0.1) is 11.4 Å². The van der Waals surface area contributed by atoms with Crippen molar-refractivity contribution in [2.24, 2.45) is 0 Å². The van der Waals surface area contributed by atoms with Crippen LogP contribution < -0.4 is 4.31 Å². The van der Waals surface area contributed by atoms with Gasteiger partial charge in [0.1, 0.15) is 0 Å². The summed E-state index contributed by atoms with van der Waals surface area (Å²) in [5.74, 6) is -2.32. The number of rotatable bonds is 5. The highest BCUT2D eigenvalue weighted by atomic mass is 32.2. The zero-order valence-corrected chi connectivity index (χ0v) is 11.8. The summed E-state index contributed by atoms with van der Waals surface area (Å²) in [6, 6.07) is 2.43. The lowest BCUT2D eigenvalue weighted by molar-refractivity contribution is 0.504. The molecule has 0 N–H and O–H groups in total. The molecule has 0 atom stereocenters. The topological polar surface area (TPSA) is 50.3 Å². The molecule has 0 amide bonds. The van der Waals surface area contributed by atoms with Gasteiger partial charge in [0.25, 0.3) is 10.0 Å². The number of sulfonamides is 1. The van der Waals surface area contributed by atoms with E-state index in [-0.39, 0.29) is 16.6 Å². The fourth-order valence-corrected chi connectivity index (χ4v) is 3.78. The summed E-state index contributed by atoms with van der Waals surface area (Å²) in [5, 5.41) is 1.85. The van der Waals surface area contributed by atoms with Gasteiger partial charge in [0.2, 0.25) is 0 Å². The minimum atomic E-state index is -4.02. The van der Waals surface area contributed by atoms with Crippen molar-refractivity contribution in [1.82, 2.24) is 4.98 Å². The van der Waals surface area contributed by atoms with Crippen molar-refractivity contribution in [3.63, 3.8) is 0 Å². The number of nitrogens with zero attached hydrogens (tertiary/aromatic N) is 2. The molecule has 0 unspecified atom stereocenters. The first kappa shape index (κ1) is 14.6. The van der Waals surface area contributed by atoms with Crippen LogP contribution in [0.5, 0.6) is 0 Å². The van der Waals surface area contributed by atoms with Gasteiger partial charge < -0.3 is 0 Å². The summed E-state index contributed by atoms with van der Waals surface area (Å²) in [6.45, 7) is 3.47. The standard InChI is InChI=1S/C12H10F2N2O2S2/c1-2-6-16(12-15-5-7-19-12)20(17,18)9-3-4-10(13)11(14)8-9/h2-5,7-8H,1,6H2. The van der Waals surface area contributed by atoms with Crippen LogP contribution in [0, 0.1) is 11.6 Å². The highest BCUT2D eigenvalue weighted by Crippen LogP contribution is 2.26. The van der Waals surface area contributed by atoms with Crippen LogP contribution in [0.15, 0.2) is 47.3 Å². The minimum absolute atomic E-state index is 0.0190. The van der Waals surface area contributed by atoms with Crippen molar-refractivity contribution < 1.29 is 17.2 Å². The van der Waals surface area contributed by atoms with Gasteiger partial charge in [-0.15, -0.1) is 17.9 Å². The lowest BCUT2D eigenvalue weighted by Crippen LogP contribution is -2.31. The van der Waals surface area contributed by atoms with Crippen molar-refractivity contribution in [2.75, 3.05) is 10.8 Å². The number of hydrogen-bond donors (Lipinski definition) is 0. The normalized spacial score (nSPS) is 11.3. The molecular weight excluding hydrogens is 306 g/mol. The molecule has 0 aliphatic rings. The zero-order chi connectivity index (χ0) is 14.8. The van der Waals surface area contributed by atoms with Crippen LogP contribution in [0.1, 0.15) is 0 Å². The molecule has 1 aromatic heterocycles. The monoisotopic (exact) mass is 316 g/mol. The van der Waals surface area contributed by atoms with Gasteiger partial charge in [-0.05, 0) is 18.2 Å². The lowest BCUT2D eigenvalue weighted by atomic mass is 10.3. The average molecular weight is 316 g/mol. The van der Waals surface area contributed by atoms with Gasteiger partial charge in [-0.25, -0.2) is 26.5 Å². The number of hydrogen-bond acceptors (Lipinski definition) is 4. The first-order valence-corrected chi connectivity index (χ1v) is 7.77. The van der Waals surface area contributed by atoms with E-state index in [9.17, 15) is 17.2 Å². The van der Waals surface area contributed by atoms with Crippen LogP contribution in [-0.2, 0) is 10.0 Å². The van der Waals surface area contributed by atoms with E-state index in [1.807, 2.05) is 0 Å². The Kier molecular flexibility index (Phi) is 4.15. The minimum Gasteiger partial charge on any atom is -0.237 e. The Labute approximate surface area is 119 Å². The molecule has 2 rings (SSSR count). The highest BCUT2D eigenvalue weighted by Gasteiger charge is 2.26. The van der Waals surface area contributed by atoms with Gasteiger partial charge in [0.15, 0.2) is 16.8 Å². The van der Waals surface area contributed by atoms with Gasteiger partial charge in [-0.2, -0.15) is 0 Å². The van der Waals surface area contributed by atoms with E-state index < -0.39 is 21.7 Å². The summed E-state index contributed by atoms with van der Waals surface area (Å²) in [5.41, 5.74) is 0. The predicted molar refractivity (Wildman–Crippen MR) is 73.2 cm³/mol. The van der Waals surface area contributed by atoms with E-state index in [1.54, 1.807) is 5.38 Å². The second-order valence-corrected chi connectivity index (χ2v) is 6.45. The first-order valence-electron chi connectivity index (χ1n) is 5.45. The molecule has 0 radical (unpaired) electrons. The maximum Gasteiger partial charge on any atom is 0.266 e. The molecule has 106 valence electrons. The molecule has 4 nitrogen and oxygen atoms in total. The second kappa shape index (κ2) is 5.68. The van der Waals surface area contributed by atoms with E-state index in [4.69, 9.17) is 0 Å². The van der Waals surface area contributed by atoms with Crippen molar-refractivity contribution in [3.05, 3.63) is 54.1 Å². The van der Waals surface area contributed by atoms with E-state index in [1.165, 1.54) is 12.3 Å². The Morgan fingerprint density at radius 2 is 2.10 bits per heavy atom. The van der Waals surface area contributed by atoms with Gasteiger partial charge in [0, 0.05) is 11.6 Å². The van der Waals surface area contributed by atoms with Crippen LogP contribution in [0.2, 0.25) is 0 Å². The fraction of sp³-hybridized carbons (Fsp3) is 0.0833. The number of thiazole rings is 1. The second-order valence-electron chi connectivity index (χ2n) is 3.72. The number of aromatic nitrogens is 1. The SMILES string of the molecule is C=CCN(c1nccs1)S(=O)(=O)c1ccc(F)c(F)c1. The Hall–Kier alpha value is -1.80. The molecule has 0 saturated heterocycles. The third kappa shape index (κ3) is 2.70. The van der Waals surface area contributed by atoms with Crippen LogP contribution in [-0.4, -0.2) is 19.9 Å². The van der Waals surface area contributed by atoms with E-state index in [0.717, 1.165) is 27.8 Å². The summed E-state index contributed by atoms with van der Waals surface area (Å²) in [4.78, 5) is 3.58. The first-order chi connectivity index (χ1) is 9.46.